The van der Waals surface area contributed by atoms with Crippen LogP contribution in [0.1, 0.15) is 10.4 Å². The van der Waals surface area contributed by atoms with Gasteiger partial charge in [-0.3, -0.25) is 4.98 Å². The molecular formula is C17H16N2S. The molecule has 0 fully saturated rings. The van der Waals surface area contributed by atoms with Crippen LogP contribution in [0.25, 0.3) is 10.4 Å². The summed E-state index contributed by atoms with van der Waals surface area (Å²) in [7, 11) is 0. The van der Waals surface area contributed by atoms with Crippen LogP contribution < -0.4 is 5.32 Å². The Labute approximate surface area is 123 Å². The summed E-state index contributed by atoms with van der Waals surface area (Å²) in [5.41, 5.74) is 2.50. The van der Waals surface area contributed by atoms with Crippen molar-refractivity contribution >= 4 is 11.3 Å². The SMILES string of the molecule is c1ccc(-c2ccc(CNCc3cccnc3)s2)cc1. The van der Waals surface area contributed by atoms with Crippen molar-refractivity contribution in [1.29, 1.82) is 0 Å². The largest absolute Gasteiger partial charge is 0.308 e. The highest BCUT2D eigenvalue weighted by molar-refractivity contribution is 7.15. The lowest BCUT2D eigenvalue weighted by Crippen LogP contribution is -2.11. The smallest absolute Gasteiger partial charge is 0.0346 e. The van der Waals surface area contributed by atoms with Crippen molar-refractivity contribution in [3.63, 3.8) is 0 Å². The molecule has 0 amide bonds. The van der Waals surface area contributed by atoms with Gasteiger partial charge in [0.05, 0.1) is 0 Å². The lowest BCUT2D eigenvalue weighted by molar-refractivity contribution is 0.699. The summed E-state index contributed by atoms with van der Waals surface area (Å²) in [5, 5.41) is 3.45. The Morgan fingerprint density at radius 1 is 0.900 bits per heavy atom. The Bertz CT molecular complexity index is 647. The maximum absolute atomic E-state index is 4.12. The van der Waals surface area contributed by atoms with Crippen LogP contribution in [0.4, 0.5) is 0 Å². The van der Waals surface area contributed by atoms with Crippen molar-refractivity contribution in [2.24, 2.45) is 0 Å². The van der Waals surface area contributed by atoms with Crippen molar-refractivity contribution in [2.75, 3.05) is 0 Å². The van der Waals surface area contributed by atoms with E-state index < -0.39 is 0 Å². The number of pyridine rings is 1. The molecule has 20 heavy (non-hydrogen) atoms. The third-order valence-electron chi connectivity index (χ3n) is 3.07. The van der Waals surface area contributed by atoms with Crippen LogP contribution in [0.2, 0.25) is 0 Å². The van der Waals surface area contributed by atoms with E-state index in [-0.39, 0.29) is 0 Å². The number of nitrogens with zero attached hydrogens (tertiary/aromatic N) is 1. The number of thiophene rings is 1. The number of hydrogen-bond donors (Lipinski definition) is 1. The van der Waals surface area contributed by atoms with Gasteiger partial charge >= 0.3 is 0 Å². The van der Waals surface area contributed by atoms with Gasteiger partial charge in [0.15, 0.2) is 0 Å². The van der Waals surface area contributed by atoms with E-state index >= 15 is 0 Å². The van der Waals surface area contributed by atoms with Crippen molar-refractivity contribution < 1.29 is 0 Å². The van der Waals surface area contributed by atoms with Gasteiger partial charge in [-0.15, -0.1) is 11.3 Å². The Hall–Kier alpha value is -1.97. The van der Waals surface area contributed by atoms with E-state index in [1.54, 1.807) is 6.20 Å². The molecule has 1 N–H and O–H groups in total. The fourth-order valence-electron chi connectivity index (χ4n) is 2.06. The van der Waals surface area contributed by atoms with E-state index in [1.165, 1.54) is 20.9 Å². The molecule has 0 radical (unpaired) electrons. The summed E-state index contributed by atoms with van der Waals surface area (Å²) >= 11 is 1.84. The molecule has 3 rings (SSSR count). The molecule has 0 spiro atoms. The molecule has 3 heteroatoms. The fourth-order valence-corrected chi connectivity index (χ4v) is 3.05. The Kier molecular flexibility index (Phi) is 4.21. The first kappa shape index (κ1) is 13.0. The maximum atomic E-state index is 4.12. The molecule has 0 saturated carbocycles. The van der Waals surface area contributed by atoms with Crippen LogP contribution in [-0.4, -0.2) is 4.98 Å². The maximum Gasteiger partial charge on any atom is 0.0346 e. The van der Waals surface area contributed by atoms with Crippen LogP contribution in [0.3, 0.4) is 0 Å². The van der Waals surface area contributed by atoms with E-state index in [9.17, 15) is 0 Å². The molecule has 100 valence electrons. The first-order valence-corrected chi connectivity index (χ1v) is 7.47. The van der Waals surface area contributed by atoms with Crippen molar-refractivity contribution in [3.8, 4) is 10.4 Å². The van der Waals surface area contributed by atoms with Gasteiger partial charge in [0.25, 0.3) is 0 Å². The molecule has 0 bridgehead atoms. The van der Waals surface area contributed by atoms with Crippen molar-refractivity contribution in [1.82, 2.24) is 10.3 Å². The molecule has 2 aromatic heterocycles. The molecule has 1 aromatic carbocycles. The van der Waals surface area contributed by atoms with Gasteiger partial charge in [-0.05, 0) is 29.3 Å². The van der Waals surface area contributed by atoms with Gasteiger partial charge in [-0.25, -0.2) is 0 Å². The molecule has 0 aliphatic carbocycles. The zero-order valence-electron chi connectivity index (χ0n) is 11.1. The molecule has 0 saturated heterocycles. The summed E-state index contributed by atoms with van der Waals surface area (Å²) < 4.78 is 0. The van der Waals surface area contributed by atoms with Gasteiger partial charge in [-0.1, -0.05) is 36.4 Å². The molecule has 3 aromatic rings. The highest BCUT2D eigenvalue weighted by Crippen LogP contribution is 2.27. The second-order valence-corrected chi connectivity index (χ2v) is 5.77. The minimum atomic E-state index is 0.854. The normalized spacial score (nSPS) is 10.6. The molecule has 0 aliphatic rings. The lowest BCUT2D eigenvalue weighted by Gasteiger charge is -2.02. The lowest BCUT2D eigenvalue weighted by atomic mass is 10.2. The third kappa shape index (κ3) is 3.32. The quantitative estimate of drug-likeness (QED) is 0.761. The fraction of sp³-hybridized carbons (Fsp3) is 0.118. The number of aromatic nitrogens is 1. The monoisotopic (exact) mass is 280 g/mol. The molecular weight excluding hydrogens is 264 g/mol. The summed E-state index contributed by atoms with van der Waals surface area (Å²) in [5.74, 6) is 0. The number of rotatable bonds is 5. The molecule has 0 unspecified atom stereocenters. The Morgan fingerprint density at radius 2 is 1.80 bits per heavy atom. The van der Waals surface area contributed by atoms with Crippen LogP contribution in [0.15, 0.2) is 67.0 Å². The Morgan fingerprint density at radius 3 is 2.60 bits per heavy atom. The first-order valence-electron chi connectivity index (χ1n) is 6.65. The molecule has 2 nitrogen and oxygen atoms in total. The van der Waals surface area contributed by atoms with Gasteiger partial charge in [0, 0.05) is 35.2 Å². The minimum absolute atomic E-state index is 0.854. The number of hydrogen-bond acceptors (Lipinski definition) is 3. The van der Waals surface area contributed by atoms with Gasteiger partial charge in [-0.2, -0.15) is 0 Å². The molecule has 0 atom stereocenters. The minimum Gasteiger partial charge on any atom is -0.308 e. The summed E-state index contributed by atoms with van der Waals surface area (Å²) in [6.45, 7) is 1.75. The zero-order chi connectivity index (χ0) is 13.6. The van der Waals surface area contributed by atoms with E-state index in [0.717, 1.165) is 13.1 Å². The number of nitrogens with one attached hydrogen (secondary N) is 1. The topological polar surface area (TPSA) is 24.9 Å². The molecule has 0 aliphatic heterocycles. The van der Waals surface area contributed by atoms with Crippen molar-refractivity contribution in [2.45, 2.75) is 13.1 Å². The van der Waals surface area contributed by atoms with E-state index in [2.05, 4.69) is 52.8 Å². The summed E-state index contributed by atoms with van der Waals surface area (Å²) in [6, 6.07) is 19.0. The zero-order valence-corrected chi connectivity index (χ0v) is 11.9. The summed E-state index contributed by atoms with van der Waals surface area (Å²) in [6.07, 6.45) is 3.70. The Balaban J connectivity index is 1.58. The van der Waals surface area contributed by atoms with Crippen LogP contribution in [0.5, 0.6) is 0 Å². The first-order chi connectivity index (χ1) is 9.92. The predicted octanol–water partition coefficient (Wildman–Crippen LogP) is 4.10. The average molecular weight is 280 g/mol. The van der Waals surface area contributed by atoms with Crippen LogP contribution in [0, 0.1) is 0 Å². The highest BCUT2D eigenvalue weighted by Gasteiger charge is 2.02. The van der Waals surface area contributed by atoms with Gasteiger partial charge < -0.3 is 5.32 Å². The highest BCUT2D eigenvalue weighted by atomic mass is 32.1. The van der Waals surface area contributed by atoms with E-state index in [1.807, 2.05) is 29.7 Å². The van der Waals surface area contributed by atoms with Crippen LogP contribution >= 0.6 is 11.3 Å². The van der Waals surface area contributed by atoms with E-state index in [4.69, 9.17) is 0 Å². The van der Waals surface area contributed by atoms with Crippen molar-refractivity contribution in [3.05, 3.63) is 77.4 Å². The number of benzene rings is 1. The summed E-state index contributed by atoms with van der Waals surface area (Å²) in [4.78, 5) is 6.79. The van der Waals surface area contributed by atoms with Gasteiger partial charge in [0.1, 0.15) is 0 Å². The van der Waals surface area contributed by atoms with Gasteiger partial charge in [0.2, 0.25) is 0 Å². The second kappa shape index (κ2) is 6.46. The molecule has 2 heterocycles. The van der Waals surface area contributed by atoms with E-state index in [0.29, 0.717) is 0 Å². The second-order valence-electron chi connectivity index (χ2n) is 4.60. The predicted molar refractivity (Wildman–Crippen MR) is 84.5 cm³/mol. The van der Waals surface area contributed by atoms with Crippen LogP contribution in [-0.2, 0) is 13.1 Å². The standard InChI is InChI=1S/C17H16N2S/c1-2-6-15(7-3-1)17-9-8-16(20-17)13-19-12-14-5-4-10-18-11-14/h1-11,19H,12-13H2. The third-order valence-corrected chi connectivity index (χ3v) is 4.21. The average Bonchev–Trinajstić information content (AvgIpc) is 2.98.